The molecule has 0 bridgehead atoms. The van der Waals surface area contributed by atoms with Crippen molar-refractivity contribution in [3.63, 3.8) is 0 Å². The van der Waals surface area contributed by atoms with E-state index in [4.69, 9.17) is 15.5 Å². The summed E-state index contributed by atoms with van der Waals surface area (Å²) in [5, 5.41) is 4.66. The molecule has 51 heavy (non-hydrogen) atoms. The van der Waals surface area contributed by atoms with E-state index >= 15 is 0 Å². The molecule has 12 nitrogen and oxygen atoms in total. The van der Waals surface area contributed by atoms with Crippen molar-refractivity contribution in [2.75, 3.05) is 26.7 Å². The lowest BCUT2D eigenvalue weighted by Crippen LogP contribution is -2.49. The van der Waals surface area contributed by atoms with Gasteiger partial charge in [-0.1, -0.05) is 45.9 Å². The number of rotatable bonds is 15. The summed E-state index contributed by atoms with van der Waals surface area (Å²) >= 11 is 0. The minimum absolute atomic E-state index is 0.152. The molecule has 4 N–H and O–H groups in total. The number of nitrogens with one attached hydrogen (secondary N) is 2. The van der Waals surface area contributed by atoms with E-state index in [1.165, 1.54) is 7.11 Å². The highest BCUT2D eigenvalue weighted by Crippen LogP contribution is 2.42. The second kappa shape index (κ2) is 17.0. The molecule has 0 saturated heterocycles. The van der Waals surface area contributed by atoms with Crippen molar-refractivity contribution in [1.29, 1.82) is 0 Å². The van der Waals surface area contributed by atoms with Gasteiger partial charge >= 0.3 is 6.09 Å². The van der Waals surface area contributed by atoms with Crippen molar-refractivity contribution in [2.24, 2.45) is 10.7 Å². The molecule has 1 aliphatic rings. The topological polar surface area (TPSA) is 155 Å². The summed E-state index contributed by atoms with van der Waals surface area (Å²) < 4.78 is 10.9. The second-order valence-electron chi connectivity index (χ2n) is 12.7. The predicted molar refractivity (Wildman–Crippen MR) is 201 cm³/mol. The van der Waals surface area contributed by atoms with Crippen LogP contribution in [0.25, 0.3) is 38.6 Å². The van der Waals surface area contributed by atoms with Crippen LogP contribution in [0.2, 0.25) is 0 Å². The zero-order valence-corrected chi connectivity index (χ0v) is 30.3. The molecule has 0 saturated carbocycles. The Morgan fingerprint density at radius 1 is 1.04 bits per heavy atom. The lowest BCUT2D eigenvalue weighted by molar-refractivity contribution is -0.133. The Hall–Kier alpha value is -5.39. The van der Waals surface area contributed by atoms with Crippen molar-refractivity contribution in [3.05, 3.63) is 65.6 Å². The Labute approximate surface area is 299 Å². The van der Waals surface area contributed by atoms with E-state index in [1.807, 2.05) is 43.9 Å². The number of hydrogen-bond donors (Lipinski definition) is 3. The summed E-state index contributed by atoms with van der Waals surface area (Å²) in [5.74, 6) is 1.53. The van der Waals surface area contributed by atoms with Crippen LogP contribution in [0.4, 0.5) is 4.79 Å². The number of aromatic nitrogens is 2. The predicted octanol–water partition coefficient (Wildman–Crippen LogP) is 6.52. The number of methoxy groups -OCH3 is 1. The smallest absolute Gasteiger partial charge is 0.407 e. The minimum atomic E-state index is -0.673. The van der Waals surface area contributed by atoms with Crippen LogP contribution in [0.1, 0.15) is 76.8 Å². The van der Waals surface area contributed by atoms with E-state index in [-0.39, 0.29) is 18.4 Å². The molecule has 3 amide bonds. The minimum Gasteiger partial charge on any atom is -0.488 e. The van der Waals surface area contributed by atoms with Gasteiger partial charge in [0.25, 0.3) is 0 Å². The van der Waals surface area contributed by atoms with Crippen molar-refractivity contribution in [2.45, 2.75) is 79.0 Å². The number of H-pyrrole nitrogens is 1. The molecule has 0 fully saturated rings. The molecule has 270 valence electrons. The Kier molecular flexibility index (Phi) is 12.3. The van der Waals surface area contributed by atoms with Gasteiger partial charge in [0.2, 0.25) is 11.8 Å². The van der Waals surface area contributed by atoms with Gasteiger partial charge in [-0.15, -0.1) is 0 Å². The summed E-state index contributed by atoms with van der Waals surface area (Å²) in [4.78, 5) is 53.7. The maximum absolute atomic E-state index is 13.0. The zero-order valence-electron chi connectivity index (χ0n) is 30.3. The Morgan fingerprint density at radius 3 is 2.55 bits per heavy atom. The molecule has 1 aliphatic heterocycles. The number of nitrogens with two attached hydrogens (primary N) is 1. The summed E-state index contributed by atoms with van der Waals surface area (Å²) in [6.07, 6.45) is 6.03. The molecular formula is C39H49N7O5. The first-order valence-corrected chi connectivity index (χ1v) is 17.8. The highest BCUT2D eigenvalue weighted by Gasteiger charge is 2.24. The van der Waals surface area contributed by atoms with Gasteiger partial charge in [0.1, 0.15) is 24.2 Å². The zero-order chi connectivity index (χ0) is 36.5. The number of amides is 3. The van der Waals surface area contributed by atoms with Crippen LogP contribution >= 0.6 is 0 Å². The Morgan fingerprint density at radius 2 is 1.82 bits per heavy atom. The van der Waals surface area contributed by atoms with Gasteiger partial charge in [0.15, 0.2) is 0 Å². The second-order valence-corrected chi connectivity index (χ2v) is 12.7. The number of ether oxygens (including phenoxy) is 2. The third-order valence-corrected chi connectivity index (χ3v) is 9.00. The molecule has 5 rings (SSSR count). The standard InChI is InChI=1S/C39H49N7O5/c1-6-10-36(47)46(17-8-3)23-35-42-33-14-12-25-20-30-28-13-11-26(19-27(28)24-51-34(30)21-29(25)37(33)44-35)31(40)22-41-15-18-45(16-7-2)38(48)32(9-4)43-39(49)50-5/h11-15,19-22,32H,6-10,16-18,23-24,40H2,1-5H3,(H,42,44)(H,43,49)/b31-22-,41-15+/t32-/m0/s1. The first kappa shape index (κ1) is 36.9. The van der Waals surface area contributed by atoms with Crippen LogP contribution in [0.5, 0.6) is 5.75 Å². The summed E-state index contributed by atoms with van der Waals surface area (Å²) in [5.41, 5.74) is 12.6. The molecule has 12 heteroatoms. The van der Waals surface area contributed by atoms with Gasteiger partial charge in [0.05, 0.1) is 43.1 Å². The summed E-state index contributed by atoms with van der Waals surface area (Å²) in [6, 6.07) is 13.7. The van der Waals surface area contributed by atoms with Gasteiger partial charge in [-0.2, -0.15) is 0 Å². The molecule has 4 aromatic rings. The normalized spacial score (nSPS) is 13.1. The van der Waals surface area contributed by atoms with Crippen molar-refractivity contribution >= 4 is 51.6 Å². The number of alkyl carbamates (subject to hydrolysis) is 1. The monoisotopic (exact) mass is 695 g/mol. The van der Waals surface area contributed by atoms with E-state index < -0.39 is 12.1 Å². The lowest BCUT2D eigenvalue weighted by atomic mass is 9.92. The third-order valence-electron chi connectivity index (χ3n) is 9.00. The number of imidazole rings is 1. The maximum atomic E-state index is 13.0. The highest BCUT2D eigenvalue weighted by atomic mass is 16.5. The number of carbonyl (C=O) groups is 3. The number of hydrogen-bond acceptors (Lipinski definition) is 8. The fourth-order valence-electron chi connectivity index (χ4n) is 6.39. The van der Waals surface area contributed by atoms with E-state index in [0.29, 0.717) is 44.8 Å². The molecule has 0 aliphatic carbocycles. The van der Waals surface area contributed by atoms with Gasteiger partial charge < -0.3 is 35.3 Å². The third kappa shape index (κ3) is 8.50. The van der Waals surface area contributed by atoms with Gasteiger partial charge in [0, 0.05) is 36.7 Å². The molecule has 1 aromatic heterocycles. The van der Waals surface area contributed by atoms with Crippen LogP contribution in [-0.2, 0) is 27.5 Å². The average Bonchev–Trinajstić information content (AvgIpc) is 3.56. The van der Waals surface area contributed by atoms with E-state index in [0.717, 1.165) is 74.9 Å². The number of benzene rings is 3. The molecule has 0 unspecified atom stereocenters. The molecule has 3 aromatic carbocycles. The molecule has 0 spiro atoms. The van der Waals surface area contributed by atoms with Crippen LogP contribution in [-0.4, -0.2) is 76.7 Å². The van der Waals surface area contributed by atoms with Gasteiger partial charge in [-0.05, 0) is 72.0 Å². The van der Waals surface area contributed by atoms with E-state index in [2.05, 4.69) is 51.2 Å². The maximum Gasteiger partial charge on any atom is 0.407 e. The number of carbonyl (C=O) groups excluding carboxylic acids is 3. The Balaban J connectivity index is 1.32. The van der Waals surface area contributed by atoms with Crippen LogP contribution < -0.4 is 15.8 Å². The summed E-state index contributed by atoms with van der Waals surface area (Å²) in [6.45, 7) is 10.3. The Bertz CT molecular complexity index is 1950. The number of aromatic amines is 1. The van der Waals surface area contributed by atoms with Crippen LogP contribution in [0, 0.1) is 0 Å². The van der Waals surface area contributed by atoms with Crippen molar-refractivity contribution < 1.29 is 23.9 Å². The SMILES string of the molecule is CCCC(=O)N(CCC)Cc1nc2ccc3cc4c(cc3c2[nH]1)OCc1cc(/C(N)=C/N=C/CN(CCC)C(=O)[C@H](CC)NC(=O)OC)ccc1-4. The molecular weight excluding hydrogens is 646 g/mol. The van der Waals surface area contributed by atoms with Crippen molar-refractivity contribution in [3.8, 4) is 16.9 Å². The number of aliphatic imine (C=N–C) groups is 1. The largest absolute Gasteiger partial charge is 0.488 e. The quantitative estimate of drug-likeness (QED) is 0.120. The van der Waals surface area contributed by atoms with Gasteiger partial charge in [-0.3, -0.25) is 14.6 Å². The number of nitrogens with zero attached hydrogens (tertiary/aromatic N) is 4. The fraction of sp³-hybridized carbons (Fsp3) is 0.410. The highest BCUT2D eigenvalue weighted by molar-refractivity contribution is 6.07. The first-order chi connectivity index (χ1) is 24.7. The first-order valence-electron chi connectivity index (χ1n) is 17.8. The lowest BCUT2D eigenvalue weighted by Gasteiger charge is -2.25. The average molecular weight is 696 g/mol. The van der Waals surface area contributed by atoms with Gasteiger partial charge in [-0.25, -0.2) is 9.78 Å². The van der Waals surface area contributed by atoms with Crippen molar-refractivity contribution in [1.82, 2.24) is 25.1 Å². The van der Waals surface area contributed by atoms with Crippen LogP contribution in [0.3, 0.4) is 0 Å². The molecule has 0 radical (unpaired) electrons. The number of fused-ring (bicyclic) bond motifs is 6. The summed E-state index contributed by atoms with van der Waals surface area (Å²) in [7, 11) is 1.27. The van der Waals surface area contributed by atoms with Crippen LogP contribution in [0.15, 0.2) is 53.7 Å². The van der Waals surface area contributed by atoms with E-state index in [9.17, 15) is 14.4 Å². The fourth-order valence-corrected chi connectivity index (χ4v) is 6.39. The molecule has 2 heterocycles. The van der Waals surface area contributed by atoms with E-state index in [1.54, 1.807) is 17.3 Å². The molecule has 1 atom stereocenters.